The van der Waals surface area contributed by atoms with Crippen LogP contribution in [0.25, 0.3) is 0 Å². The van der Waals surface area contributed by atoms with Gasteiger partial charge in [0, 0.05) is 23.8 Å². The van der Waals surface area contributed by atoms with E-state index < -0.39 is 49.5 Å². The number of ether oxygens (including phenoxy) is 3. The molecule has 0 aromatic rings. The Bertz CT molecular complexity index is 1170. The molecule has 4 fully saturated rings. The van der Waals surface area contributed by atoms with Crippen molar-refractivity contribution in [3.05, 3.63) is 22.8 Å². The molecule has 1 saturated heterocycles. The molecule has 0 unspecified atom stereocenters. The Morgan fingerprint density at radius 2 is 1.77 bits per heavy atom. The quantitative estimate of drug-likeness (QED) is 0.191. The number of carbonyl (C=O) groups excluding carboxylic acids is 1. The number of hydrogen-bond acceptors (Lipinski definition) is 10. The summed E-state index contributed by atoms with van der Waals surface area (Å²) in [4.78, 5) is 12.6. The van der Waals surface area contributed by atoms with E-state index in [4.69, 9.17) is 14.2 Å². The summed E-state index contributed by atoms with van der Waals surface area (Å²) in [7, 11) is 0. The van der Waals surface area contributed by atoms with E-state index in [-0.39, 0.29) is 35.4 Å². The van der Waals surface area contributed by atoms with Crippen LogP contribution in [-0.2, 0) is 19.0 Å². The Balaban J connectivity index is 1.17. The lowest BCUT2D eigenvalue weighted by atomic mass is 9.46. The van der Waals surface area contributed by atoms with E-state index in [1.54, 1.807) is 6.92 Å². The molecule has 248 valence electrons. The second kappa shape index (κ2) is 12.0. The molecule has 6 aliphatic rings. The summed E-state index contributed by atoms with van der Waals surface area (Å²) >= 11 is 0. The van der Waals surface area contributed by atoms with Crippen LogP contribution in [0, 0.1) is 40.4 Å². The molecule has 4 aliphatic carbocycles. The van der Waals surface area contributed by atoms with Crippen LogP contribution >= 0.6 is 0 Å². The maximum Gasteiger partial charge on any atom is 0.334 e. The van der Waals surface area contributed by atoms with Crippen LogP contribution in [0.4, 0.5) is 0 Å². The number of aliphatic hydroxyl groups is 6. The zero-order valence-corrected chi connectivity index (χ0v) is 26.5. The summed E-state index contributed by atoms with van der Waals surface area (Å²) < 4.78 is 17.6. The van der Waals surface area contributed by atoms with E-state index in [1.807, 2.05) is 0 Å². The molecule has 6 N–H and O–H groups in total. The fraction of sp³-hybridized carbons (Fsp3) is 0.853. The molecular weight excluding hydrogens is 568 g/mol. The Kier molecular flexibility index (Phi) is 8.89. The van der Waals surface area contributed by atoms with Crippen molar-refractivity contribution in [3.8, 4) is 0 Å². The number of allylic oxidation sites excluding steroid dienone is 1. The van der Waals surface area contributed by atoms with Crippen molar-refractivity contribution in [2.45, 2.75) is 128 Å². The molecule has 10 heteroatoms. The van der Waals surface area contributed by atoms with Crippen molar-refractivity contribution in [3.63, 3.8) is 0 Å². The van der Waals surface area contributed by atoms with Crippen LogP contribution in [-0.4, -0.2) is 98.8 Å². The lowest BCUT2D eigenvalue weighted by molar-refractivity contribution is -0.315. The van der Waals surface area contributed by atoms with Crippen LogP contribution in [0.2, 0.25) is 0 Å². The van der Waals surface area contributed by atoms with Crippen molar-refractivity contribution in [1.82, 2.24) is 0 Å². The zero-order valence-electron chi connectivity index (χ0n) is 26.5. The van der Waals surface area contributed by atoms with Gasteiger partial charge in [-0.15, -0.1) is 0 Å². The van der Waals surface area contributed by atoms with E-state index >= 15 is 0 Å². The highest BCUT2D eigenvalue weighted by Crippen LogP contribution is 2.67. The topological polar surface area (TPSA) is 166 Å². The summed E-state index contributed by atoms with van der Waals surface area (Å²) in [6.45, 7) is 7.97. The molecule has 2 heterocycles. The number of rotatable bonds is 6. The number of hydrogen-bond donors (Lipinski definition) is 6. The maximum absolute atomic E-state index is 12.6. The second-order valence-electron chi connectivity index (χ2n) is 15.2. The first kappa shape index (κ1) is 32.6. The van der Waals surface area contributed by atoms with Gasteiger partial charge in [-0.1, -0.05) is 32.4 Å². The third kappa shape index (κ3) is 5.03. The monoisotopic (exact) mass is 620 g/mol. The zero-order chi connectivity index (χ0) is 31.7. The predicted molar refractivity (Wildman–Crippen MR) is 159 cm³/mol. The van der Waals surface area contributed by atoms with Crippen molar-refractivity contribution < 1.29 is 49.6 Å². The molecule has 0 aromatic carbocycles. The summed E-state index contributed by atoms with van der Waals surface area (Å²) in [6, 6.07) is 0. The summed E-state index contributed by atoms with van der Waals surface area (Å²) in [5.74, 6) is 1.57. The first-order valence-electron chi connectivity index (χ1n) is 16.7. The average Bonchev–Trinajstić information content (AvgIpc) is 3.36. The van der Waals surface area contributed by atoms with Gasteiger partial charge in [-0.25, -0.2) is 4.79 Å². The summed E-state index contributed by atoms with van der Waals surface area (Å²) in [5, 5.41) is 62.0. The van der Waals surface area contributed by atoms with Gasteiger partial charge in [0.15, 0.2) is 6.29 Å². The molecule has 3 saturated carbocycles. The van der Waals surface area contributed by atoms with Crippen LogP contribution in [0.1, 0.15) is 79.1 Å². The Hall–Kier alpha value is -1.37. The van der Waals surface area contributed by atoms with E-state index in [2.05, 4.69) is 26.8 Å². The maximum atomic E-state index is 12.6. The predicted octanol–water partition coefficient (Wildman–Crippen LogP) is 1.98. The number of fused-ring (bicyclic) bond motifs is 5. The number of carbonyl (C=O) groups is 1. The number of esters is 1. The molecule has 15 atom stereocenters. The minimum atomic E-state index is -1.50. The lowest BCUT2D eigenvalue weighted by Crippen LogP contribution is -2.60. The summed E-state index contributed by atoms with van der Waals surface area (Å²) in [5.41, 5.74) is 2.22. The van der Waals surface area contributed by atoms with Crippen molar-refractivity contribution in [2.24, 2.45) is 40.4 Å². The molecule has 0 radical (unpaired) electrons. The molecule has 6 rings (SSSR count). The van der Waals surface area contributed by atoms with Gasteiger partial charge in [-0.2, -0.15) is 0 Å². The van der Waals surface area contributed by atoms with Gasteiger partial charge in [0.1, 0.15) is 30.5 Å². The lowest BCUT2D eigenvalue weighted by Gasteiger charge is -2.60. The third-order valence-electron chi connectivity index (χ3n) is 13.4. The SMILES string of the molecule is CC1=C(CO)C[C@H]([C@@H](C)[C@@H]2CC[C@H]3[C@H]4CC=C5C[C@@H](O[C@H]6O[C@@H](CO)[C@@H](O)[C@@H](O)[C@H]6O)C[C@@H](O)[C@]5(C)[C@@H]4CC[C@]23C)OC1=O. The molecule has 44 heavy (non-hydrogen) atoms. The minimum Gasteiger partial charge on any atom is -0.458 e. The van der Waals surface area contributed by atoms with Gasteiger partial charge in [0.05, 0.1) is 25.4 Å². The van der Waals surface area contributed by atoms with Crippen LogP contribution < -0.4 is 0 Å². The highest BCUT2D eigenvalue weighted by molar-refractivity contribution is 5.89. The smallest absolute Gasteiger partial charge is 0.334 e. The van der Waals surface area contributed by atoms with Crippen molar-refractivity contribution in [1.29, 1.82) is 0 Å². The number of aliphatic hydroxyl groups excluding tert-OH is 6. The van der Waals surface area contributed by atoms with Gasteiger partial charge in [-0.05, 0) is 86.0 Å². The van der Waals surface area contributed by atoms with E-state index in [0.717, 1.165) is 37.7 Å². The van der Waals surface area contributed by atoms with Crippen molar-refractivity contribution >= 4 is 5.97 Å². The van der Waals surface area contributed by atoms with E-state index in [0.29, 0.717) is 48.5 Å². The standard InChI is InChI=1S/C34H52O10/c1-16-18(14-35)11-25(43-31(16)41)17(2)22-7-8-23-21-6-5-19-12-20(42-32-30(40)29(39)28(38)26(15-36)44-32)13-27(37)34(19,4)24(21)9-10-33(22,23)3/h5,17,20-30,32,35-40H,6-15H2,1-4H3/t17-,20+,21+,22-,23-,24+,25+,26-,27+,28+,29+,30+,32-,33+,34-/m0/s1. The molecule has 0 spiro atoms. The van der Waals surface area contributed by atoms with Gasteiger partial charge in [0.25, 0.3) is 0 Å². The fourth-order valence-corrected chi connectivity index (χ4v) is 10.6. The minimum absolute atomic E-state index is 0.109. The Morgan fingerprint density at radius 1 is 1.02 bits per heavy atom. The molecular formula is C34H52O10. The third-order valence-corrected chi connectivity index (χ3v) is 13.4. The van der Waals surface area contributed by atoms with Gasteiger partial charge < -0.3 is 44.8 Å². The van der Waals surface area contributed by atoms with Gasteiger partial charge in [-0.3, -0.25) is 0 Å². The Labute approximate surface area is 260 Å². The largest absolute Gasteiger partial charge is 0.458 e. The van der Waals surface area contributed by atoms with Gasteiger partial charge >= 0.3 is 5.97 Å². The first-order chi connectivity index (χ1) is 20.8. The van der Waals surface area contributed by atoms with Crippen LogP contribution in [0.15, 0.2) is 22.8 Å². The fourth-order valence-electron chi connectivity index (χ4n) is 10.6. The van der Waals surface area contributed by atoms with Gasteiger partial charge in [0.2, 0.25) is 0 Å². The Morgan fingerprint density at radius 3 is 2.48 bits per heavy atom. The molecule has 0 aromatic heterocycles. The average molecular weight is 621 g/mol. The molecule has 2 aliphatic heterocycles. The van der Waals surface area contributed by atoms with E-state index in [1.165, 1.54) is 5.57 Å². The number of cyclic esters (lactones) is 1. The second-order valence-corrected chi connectivity index (χ2v) is 15.2. The van der Waals surface area contributed by atoms with E-state index in [9.17, 15) is 35.4 Å². The molecule has 0 bridgehead atoms. The highest BCUT2D eigenvalue weighted by Gasteiger charge is 2.62. The van der Waals surface area contributed by atoms with Crippen LogP contribution in [0.3, 0.4) is 0 Å². The van der Waals surface area contributed by atoms with Crippen LogP contribution in [0.5, 0.6) is 0 Å². The van der Waals surface area contributed by atoms with Crippen molar-refractivity contribution in [2.75, 3.05) is 13.2 Å². The first-order valence-corrected chi connectivity index (χ1v) is 16.7. The highest BCUT2D eigenvalue weighted by atomic mass is 16.7. The molecule has 10 nitrogen and oxygen atoms in total. The summed E-state index contributed by atoms with van der Waals surface area (Å²) in [6.07, 6.45) is 1.07. The molecule has 0 amide bonds. The normalized spacial score (nSPS) is 49.9.